The van der Waals surface area contributed by atoms with Crippen LogP contribution in [0.4, 0.5) is 10.5 Å². The van der Waals surface area contributed by atoms with Gasteiger partial charge in [0.25, 0.3) is 0 Å². The van der Waals surface area contributed by atoms with Crippen LogP contribution in [0.5, 0.6) is 0 Å². The molecule has 1 aromatic rings. The molecule has 0 saturated carbocycles. The van der Waals surface area contributed by atoms with Crippen molar-refractivity contribution in [1.29, 1.82) is 0 Å². The van der Waals surface area contributed by atoms with E-state index in [1.807, 2.05) is 6.07 Å². The van der Waals surface area contributed by atoms with Crippen molar-refractivity contribution in [2.45, 2.75) is 33.3 Å². The fourth-order valence-electron chi connectivity index (χ4n) is 1.55. The Balaban J connectivity index is 2.86. The summed E-state index contributed by atoms with van der Waals surface area (Å²) in [5.41, 5.74) is -1.38. The molecular formula is C15H21NO4. The molecule has 0 aliphatic rings. The van der Waals surface area contributed by atoms with Gasteiger partial charge in [-0.15, -0.1) is 0 Å². The summed E-state index contributed by atoms with van der Waals surface area (Å²) in [6.45, 7) is 6.96. The maximum atomic E-state index is 12.0. The highest BCUT2D eigenvalue weighted by Crippen LogP contribution is 2.35. The minimum atomic E-state index is -1.37. The summed E-state index contributed by atoms with van der Waals surface area (Å²) in [7, 11) is 1.27. The van der Waals surface area contributed by atoms with E-state index in [0.717, 1.165) is 0 Å². The Morgan fingerprint density at radius 1 is 1.05 bits per heavy atom. The first-order valence-electron chi connectivity index (χ1n) is 6.34. The molecule has 1 atom stereocenters. The van der Waals surface area contributed by atoms with Crippen molar-refractivity contribution in [2.75, 3.05) is 12.4 Å². The van der Waals surface area contributed by atoms with Gasteiger partial charge in [0.15, 0.2) is 0 Å². The first-order chi connectivity index (χ1) is 9.20. The summed E-state index contributed by atoms with van der Waals surface area (Å²) in [6.07, 6.45) is -0.695. The Morgan fingerprint density at radius 3 is 2.05 bits per heavy atom. The third-order valence-electron chi connectivity index (χ3n) is 3.32. The summed E-state index contributed by atoms with van der Waals surface area (Å²) in [5.74, 6) is -0.590. The molecule has 0 radical (unpaired) electrons. The Bertz CT molecular complexity index is 478. The lowest BCUT2D eigenvalue weighted by atomic mass is 9.77. The van der Waals surface area contributed by atoms with E-state index >= 15 is 0 Å². The molecule has 0 aliphatic carbocycles. The standard InChI is InChI=1S/C15H21NO4/c1-14(2,3)15(4,12(17)19-5)20-13(18)16-11-9-7-6-8-10-11/h6-10H,1-5H3,(H,16,18)/t15-/m1/s1. The van der Waals surface area contributed by atoms with Crippen LogP contribution in [0.15, 0.2) is 30.3 Å². The van der Waals surface area contributed by atoms with E-state index in [9.17, 15) is 9.59 Å². The second-order valence-corrected chi connectivity index (χ2v) is 5.66. The van der Waals surface area contributed by atoms with Gasteiger partial charge in [-0.25, -0.2) is 9.59 Å². The number of nitrogens with one attached hydrogen (secondary N) is 1. The van der Waals surface area contributed by atoms with E-state index < -0.39 is 23.1 Å². The van der Waals surface area contributed by atoms with Crippen LogP contribution in [0.1, 0.15) is 27.7 Å². The molecule has 0 spiro atoms. The van der Waals surface area contributed by atoms with Crippen LogP contribution < -0.4 is 5.32 Å². The second-order valence-electron chi connectivity index (χ2n) is 5.66. The SMILES string of the molecule is COC(=O)[C@@](C)(OC(=O)Nc1ccccc1)C(C)(C)C. The molecule has 5 nitrogen and oxygen atoms in total. The van der Waals surface area contributed by atoms with Crippen LogP contribution in [0, 0.1) is 5.41 Å². The van der Waals surface area contributed by atoms with Gasteiger partial charge < -0.3 is 9.47 Å². The molecule has 0 heterocycles. The van der Waals surface area contributed by atoms with Crippen LogP contribution in [0.25, 0.3) is 0 Å². The average Bonchev–Trinajstić information content (AvgIpc) is 2.37. The third-order valence-corrected chi connectivity index (χ3v) is 3.32. The van der Waals surface area contributed by atoms with Gasteiger partial charge in [0.05, 0.1) is 7.11 Å². The van der Waals surface area contributed by atoms with Crippen LogP contribution >= 0.6 is 0 Å². The smallest absolute Gasteiger partial charge is 0.412 e. The van der Waals surface area contributed by atoms with Crippen LogP contribution in [0.2, 0.25) is 0 Å². The van der Waals surface area contributed by atoms with Crippen molar-refractivity contribution in [2.24, 2.45) is 5.41 Å². The van der Waals surface area contributed by atoms with Gasteiger partial charge in [0, 0.05) is 11.1 Å². The highest BCUT2D eigenvalue weighted by Gasteiger charge is 2.49. The summed E-state index contributed by atoms with van der Waals surface area (Å²) in [6, 6.07) is 8.88. The van der Waals surface area contributed by atoms with Crippen molar-refractivity contribution >= 4 is 17.7 Å². The lowest BCUT2D eigenvalue weighted by Crippen LogP contribution is -2.52. The van der Waals surface area contributed by atoms with Gasteiger partial charge in [0.1, 0.15) is 0 Å². The first kappa shape index (κ1) is 16.0. The van der Waals surface area contributed by atoms with Crippen LogP contribution in [-0.2, 0) is 14.3 Å². The van der Waals surface area contributed by atoms with E-state index in [-0.39, 0.29) is 0 Å². The summed E-state index contributed by atoms with van der Waals surface area (Å²) in [5, 5.41) is 2.58. The number of carbonyl (C=O) groups excluding carboxylic acids is 2. The maximum absolute atomic E-state index is 12.0. The number of rotatable bonds is 3. The van der Waals surface area contributed by atoms with E-state index in [0.29, 0.717) is 5.69 Å². The Kier molecular flexibility index (Phi) is 4.76. The summed E-state index contributed by atoms with van der Waals surface area (Å²) < 4.78 is 10.1. The number of ether oxygens (including phenoxy) is 2. The van der Waals surface area contributed by atoms with Crippen molar-refractivity contribution in [3.63, 3.8) is 0 Å². The monoisotopic (exact) mass is 279 g/mol. The number of hydrogen-bond acceptors (Lipinski definition) is 4. The zero-order valence-corrected chi connectivity index (χ0v) is 12.5. The lowest BCUT2D eigenvalue weighted by Gasteiger charge is -2.37. The second kappa shape index (κ2) is 5.94. The maximum Gasteiger partial charge on any atom is 0.412 e. The molecule has 1 amide bonds. The van der Waals surface area contributed by atoms with Crippen molar-refractivity contribution in [3.8, 4) is 0 Å². The normalized spacial score (nSPS) is 14.1. The molecule has 1 aromatic carbocycles. The van der Waals surface area contributed by atoms with Gasteiger partial charge in [-0.2, -0.15) is 0 Å². The molecule has 5 heteroatoms. The molecule has 0 aliphatic heterocycles. The molecule has 0 bridgehead atoms. The predicted molar refractivity (Wildman–Crippen MR) is 76.4 cm³/mol. The van der Waals surface area contributed by atoms with Crippen LogP contribution in [-0.4, -0.2) is 24.8 Å². The number of anilines is 1. The van der Waals surface area contributed by atoms with E-state index in [1.165, 1.54) is 7.11 Å². The molecule has 0 aromatic heterocycles. The van der Waals surface area contributed by atoms with Gasteiger partial charge >= 0.3 is 12.1 Å². The molecule has 0 fully saturated rings. The third kappa shape index (κ3) is 3.50. The molecule has 20 heavy (non-hydrogen) atoms. The zero-order valence-electron chi connectivity index (χ0n) is 12.5. The van der Waals surface area contributed by atoms with Gasteiger partial charge in [-0.05, 0) is 19.1 Å². The molecular weight excluding hydrogens is 258 g/mol. The quantitative estimate of drug-likeness (QED) is 0.863. The van der Waals surface area contributed by atoms with Crippen molar-refractivity contribution in [1.82, 2.24) is 0 Å². The zero-order chi connectivity index (χ0) is 15.4. The van der Waals surface area contributed by atoms with Crippen molar-refractivity contribution < 1.29 is 19.1 Å². The highest BCUT2D eigenvalue weighted by atomic mass is 16.6. The number of esters is 1. The number of hydrogen-bond donors (Lipinski definition) is 1. The molecule has 0 saturated heterocycles. The minimum absolute atomic E-state index is 0.590. The largest absolute Gasteiger partial charge is 0.466 e. The van der Waals surface area contributed by atoms with Crippen molar-refractivity contribution in [3.05, 3.63) is 30.3 Å². The van der Waals surface area contributed by atoms with Gasteiger partial charge in [-0.3, -0.25) is 5.32 Å². The fourth-order valence-corrected chi connectivity index (χ4v) is 1.55. The summed E-state index contributed by atoms with van der Waals surface area (Å²) in [4.78, 5) is 23.9. The highest BCUT2D eigenvalue weighted by molar-refractivity contribution is 5.89. The first-order valence-corrected chi connectivity index (χ1v) is 6.34. The van der Waals surface area contributed by atoms with E-state index in [1.54, 1.807) is 52.0 Å². The molecule has 1 rings (SSSR count). The summed E-state index contributed by atoms with van der Waals surface area (Å²) >= 11 is 0. The molecule has 1 N–H and O–H groups in total. The lowest BCUT2D eigenvalue weighted by molar-refractivity contribution is -0.171. The number of carbonyl (C=O) groups is 2. The Labute approximate surface area is 119 Å². The van der Waals surface area contributed by atoms with E-state index in [4.69, 9.17) is 9.47 Å². The molecule has 110 valence electrons. The topological polar surface area (TPSA) is 64.6 Å². The van der Waals surface area contributed by atoms with E-state index in [2.05, 4.69) is 5.32 Å². The number of benzene rings is 1. The van der Waals surface area contributed by atoms with Crippen LogP contribution in [0.3, 0.4) is 0 Å². The number of methoxy groups -OCH3 is 1. The average molecular weight is 279 g/mol. The van der Waals surface area contributed by atoms with Gasteiger partial charge in [-0.1, -0.05) is 39.0 Å². The molecule has 0 unspecified atom stereocenters. The minimum Gasteiger partial charge on any atom is -0.466 e. The fraction of sp³-hybridized carbons (Fsp3) is 0.467. The van der Waals surface area contributed by atoms with Gasteiger partial charge in [0.2, 0.25) is 5.60 Å². The predicted octanol–water partition coefficient (Wildman–Crippen LogP) is 3.21. The number of amides is 1. The number of para-hydroxylation sites is 1. The Hall–Kier alpha value is -2.04. The Morgan fingerprint density at radius 2 is 1.60 bits per heavy atom.